The van der Waals surface area contributed by atoms with Crippen LogP contribution in [0.1, 0.15) is 6.42 Å². The van der Waals surface area contributed by atoms with Gasteiger partial charge in [-0.25, -0.2) is 4.79 Å². The van der Waals surface area contributed by atoms with Gasteiger partial charge >= 0.3 is 12.1 Å². The smallest absolute Gasteiger partial charge is 0.450 e. The Morgan fingerprint density at radius 1 is 1.17 bits per heavy atom. The fourth-order valence-corrected chi connectivity index (χ4v) is 0.322. The van der Waals surface area contributed by atoms with E-state index < -0.39 is 30.1 Å². The lowest BCUT2D eigenvalue weighted by molar-refractivity contribution is -0.172. The molecule has 0 heterocycles. The number of hydrogen-bond donors (Lipinski definition) is 1. The van der Waals surface area contributed by atoms with Crippen molar-refractivity contribution in [1.82, 2.24) is 0 Å². The van der Waals surface area contributed by atoms with Crippen LogP contribution in [0, 0.1) is 0 Å². The molecule has 0 spiro atoms. The second kappa shape index (κ2) is 3.33. The first kappa shape index (κ1) is 10.6. The van der Waals surface area contributed by atoms with Crippen molar-refractivity contribution in [2.45, 2.75) is 12.6 Å². The lowest BCUT2D eigenvalue weighted by Gasteiger charge is -2.01. The number of aliphatic carboxylic acids is 1. The molecule has 0 bridgehead atoms. The zero-order chi connectivity index (χ0) is 9.94. The minimum Gasteiger partial charge on any atom is -0.475 e. The number of carbonyl (C=O) groups excluding carboxylic acids is 2. The maximum Gasteiger partial charge on any atom is 0.450 e. The quantitative estimate of drug-likeness (QED) is 0.501. The predicted octanol–water partition coefficient (Wildman–Crippen LogP) is 0.162. The number of hydrogen-bond acceptors (Lipinski definition) is 3. The molecule has 12 heavy (non-hydrogen) atoms. The van der Waals surface area contributed by atoms with Gasteiger partial charge < -0.3 is 5.11 Å². The van der Waals surface area contributed by atoms with E-state index in [0.717, 1.165) is 0 Å². The van der Waals surface area contributed by atoms with Crippen LogP contribution in [-0.4, -0.2) is 28.8 Å². The van der Waals surface area contributed by atoms with Crippen molar-refractivity contribution in [3.05, 3.63) is 0 Å². The summed E-state index contributed by atoms with van der Waals surface area (Å²) >= 11 is 0. The average Bonchev–Trinajstić information content (AvgIpc) is 1.85. The first-order valence-corrected chi connectivity index (χ1v) is 2.61. The molecule has 0 aliphatic carbocycles. The Kier molecular flexibility index (Phi) is 2.94. The molecular formula is C5H3F3O4. The Morgan fingerprint density at radius 3 is 1.83 bits per heavy atom. The maximum atomic E-state index is 11.4. The Hall–Kier alpha value is -1.40. The van der Waals surface area contributed by atoms with Crippen LogP contribution in [0.2, 0.25) is 0 Å². The third-order valence-electron chi connectivity index (χ3n) is 0.876. The SMILES string of the molecule is O=C(O)C(=O)CC(=O)C(F)(F)F. The molecule has 0 saturated carbocycles. The summed E-state index contributed by atoms with van der Waals surface area (Å²) in [6, 6.07) is 0. The summed E-state index contributed by atoms with van der Waals surface area (Å²) in [5.74, 6) is -6.17. The van der Waals surface area contributed by atoms with E-state index in [-0.39, 0.29) is 0 Å². The fourth-order valence-electron chi connectivity index (χ4n) is 0.322. The Morgan fingerprint density at radius 2 is 1.58 bits per heavy atom. The number of carboxylic acids is 1. The lowest BCUT2D eigenvalue weighted by Crippen LogP contribution is -2.28. The summed E-state index contributed by atoms with van der Waals surface area (Å²) in [6.07, 6.45) is -6.79. The van der Waals surface area contributed by atoms with Gasteiger partial charge in [0.1, 0.15) is 0 Å². The number of ketones is 2. The fraction of sp³-hybridized carbons (Fsp3) is 0.400. The van der Waals surface area contributed by atoms with E-state index in [9.17, 15) is 27.6 Å². The molecule has 0 saturated heterocycles. The molecule has 0 fully saturated rings. The first-order chi connectivity index (χ1) is 5.25. The van der Waals surface area contributed by atoms with Crippen LogP contribution in [0.4, 0.5) is 13.2 Å². The first-order valence-electron chi connectivity index (χ1n) is 2.61. The highest BCUT2D eigenvalue weighted by Gasteiger charge is 2.40. The zero-order valence-corrected chi connectivity index (χ0v) is 5.51. The second-order valence-electron chi connectivity index (χ2n) is 1.83. The molecule has 0 amide bonds. The van der Waals surface area contributed by atoms with Gasteiger partial charge in [-0.1, -0.05) is 0 Å². The van der Waals surface area contributed by atoms with E-state index in [0.29, 0.717) is 0 Å². The summed E-state index contributed by atoms with van der Waals surface area (Å²) in [7, 11) is 0. The number of alkyl halides is 3. The molecule has 1 N–H and O–H groups in total. The molecule has 0 unspecified atom stereocenters. The van der Waals surface area contributed by atoms with Gasteiger partial charge in [0.25, 0.3) is 0 Å². The Bertz CT molecular complexity index is 229. The Labute approximate surface area is 64.0 Å². The number of Topliss-reactive ketones (excluding diaryl/α,β-unsaturated/α-hetero) is 2. The maximum absolute atomic E-state index is 11.4. The van der Waals surface area contributed by atoms with Crippen molar-refractivity contribution in [1.29, 1.82) is 0 Å². The second-order valence-corrected chi connectivity index (χ2v) is 1.83. The molecule has 0 aromatic rings. The van der Waals surface area contributed by atoms with Crippen LogP contribution in [0.5, 0.6) is 0 Å². The van der Waals surface area contributed by atoms with Crippen LogP contribution in [0.25, 0.3) is 0 Å². The van der Waals surface area contributed by atoms with Crippen LogP contribution < -0.4 is 0 Å². The highest BCUT2D eigenvalue weighted by atomic mass is 19.4. The number of carboxylic acid groups (broad SMARTS) is 1. The van der Waals surface area contributed by atoms with Gasteiger partial charge in [-0.2, -0.15) is 13.2 Å². The van der Waals surface area contributed by atoms with Crippen molar-refractivity contribution in [3.63, 3.8) is 0 Å². The molecule has 0 atom stereocenters. The zero-order valence-electron chi connectivity index (χ0n) is 5.51. The van der Waals surface area contributed by atoms with Gasteiger partial charge in [-0.3, -0.25) is 9.59 Å². The van der Waals surface area contributed by atoms with E-state index in [4.69, 9.17) is 5.11 Å². The van der Waals surface area contributed by atoms with E-state index in [2.05, 4.69) is 0 Å². The molecule has 0 aromatic carbocycles. The van der Waals surface area contributed by atoms with E-state index in [1.54, 1.807) is 0 Å². The molecule has 0 aliphatic rings. The van der Waals surface area contributed by atoms with Crippen LogP contribution in [0.15, 0.2) is 0 Å². The van der Waals surface area contributed by atoms with E-state index in [1.807, 2.05) is 0 Å². The predicted molar refractivity (Wildman–Crippen MR) is 28.3 cm³/mol. The average molecular weight is 184 g/mol. The monoisotopic (exact) mass is 184 g/mol. The topological polar surface area (TPSA) is 71.4 Å². The summed E-state index contributed by atoms with van der Waals surface area (Å²) < 4.78 is 34.1. The molecule has 0 rings (SSSR count). The summed E-state index contributed by atoms with van der Waals surface area (Å²) in [5, 5.41) is 7.83. The summed E-state index contributed by atoms with van der Waals surface area (Å²) in [4.78, 5) is 29.7. The summed E-state index contributed by atoms with van der Waals surface area (Å²) in [5.41, 5.74) is 0. The lowest BCUT2D eigenvalue weighted by atomic mass is 10.2. The van der Waals surface area contributed by atoms with Gasteiger partial charge in [0.05, 0.1) is 6.42 Å². The van der Waals surface area contributed by atoms with Crippen LogP contribution in [0.3, 0.4) is 0 Å². The molecular weight excluding hydrogens is 181 g/mol. The highest BCUT2D eigenvalue weighted by Crippen LogP contribution is 2.17. The van der Waals surface area contributed by atoms with E-state index >= 15 is 0 Å². The van der Waals surface area contributed by atoms with Crippen molar-refractivity contribution >= 4 is 17.5 Å². The van der Waals surface area contributed by atoms with Gasteiger partial charge in [-0.05, 0) is 0 Å². The van der Waals surface area contributed by atoms with Crippen LogP contribution >= 0.6 is 0 Å². The minimum absolute atomic E-state index is 1.64. The Balaban J connectivity index is 4.21. The van der Waals surface area contributed by atoms with Crippen molar-refractivity contribution < 1.29 is 32.7 Å². The van der Waals surface area contributed by atoms with Crippen molar-refractivity contribution in [2.75, 3.05) is 0 Å². The van der Waals surface area contributed by atoms with E-state index in [1.165, 1.54) is 0 Å². The highest BCUT2D eigenvalue weighted by molar-refractivity contribution is 6.36. The van der Waals surface area contributed by atoms with Gasteiger partial charge in [0.15, 0.2) is 0 Å². The van der Waals surface area contributed by atoms with Gasteiger partial charge in [0, 0.05) is 0 Å². The summed E-state index contributed by atoms with van der Waals surface area (Å²) in [6.45, 7) is 0. The molecule has 4 nitrogen and oxygen atoms in total. The van der Waals surface area contributed by atoms with Gasteiger partial charge in [0.2, 0.25) is 11.6 Å². The molecule has 0 aromatic heterocycles. The molecule has 0 radical (unpaired) electrons. The number of rotatable bonds is 3. The van der Waals surface area contributed by atoms with Crippen molar-refractivity contribution in [3.8, 4) is 0 Å². The third kappa shape index (κ3) is 3.13. The molecule has 7 heteroatoms. The third-order valence-corrected chi connectivity index (χ3v) is 0.876. The normalized spacial score (nSPS) is 10.9. The molecule has 68 valence electrons. The van der Waals surface area contributed by atoms with Crippen molar-refractivity contribution in [2.24, 2.45) is 0 Å². The van der Waals surface area contributed by atoms with Crippen LogP contribution in [-0.2, 0) is 14.4 Å². The number of halogens is 3. The van der Waals surface area contributed by atoms with Gasteiger partial charge in [-0.15, -0.1) is 0 Å². The number of carbonyl (C=O) groups is 3. The molecule has 0 aliphatic heterocycles. The minimum atomic E-state index is -5.15. The largest absolute Gasteiger partial charge is 0.475 e. The standard InChI is InChI=1S/C5H3F3O4/c6-5(7,8)3(10)1-2(9)4(11)12/h1H2,(H,11,12).